The summed E-state index contributed by atoms with van der Waals surface area (Å²) in [6.07, 6.45) is 0.786. The van der Waals surface area contributed by atoms with Gasteiger partial charge in [-0.1, -0.05) is 32.9 Å². The summed E-state index contributed by atoms with van der Waals surface area (Å²) in [6, 6.07) is 8.11. The van der Waals surface area contributed by atoms with Crippen LogP contribution in [0.15, 0.2) is 24.3 Å². The third-order valence-electron chi connectivity index (χ3n) is 2.37. The minimum atomic E-state index is 0.194. The van der Waals surface area contributed by atoms with Crippen molar-refractivity contribution in [2.75, 3.05) is 13.7 Å². The second kappa shape index (κ2) is 6.31. The molecule has 1 aromatic carbocycles. The van der Waals surface area contributed by atoms with Crippen LogP contribution in [0.5, 0.6) is 5.75 Å². The summed E-state index contributed by atoms with van der Waals surface area (Å²) in [5.41, 5.74) is 1.25. The quantitative estimate of drug-likeness (QED) is 0.869. The molecule has 2 nitrogen and oxygen atoms in total. The molecule has 0 saturated carbocycles. The summed E-state index contributed by atoms with van der Waals surface area (Å²) in [4.78, 5) is 0. The standard InChI is InChI=1S/C14H22O2S/c1-14(2,3)17-13(9-10-15)11-5-7-12(16-4)8-6-11/h5-8,13,15H,9-10H2,1-4H3. The highest BCUT2D eigenvalue weighted by Crippen LogP contribution is 2.40. The van der Waals surface area contributed by atoms with Crippen LogP contribution >= 0.6 is 11.8 Å². The number of benzene rings is 1. The molecule has 0 fully saturated rings. The van der Waals surface area contributed by atoms with Crippen LogP contribution < -0.4 is 4.74 Å². The Morgan fingerprint density at radius 2 is 1.82 bits per heavy atom. The highest BCUT2D eigenvalue weighted by molar-refractivity contribution is 8.00. The average Bonchev–Trinajstić information content (AvgIpc) is 2.27. The van der Waals surface area contributed by atoms with Gasteiger partial charge in [0.2, 0.25) is 0 Å². The van der Waals surface area contributed by atoms with Crippen LogP contribution in [0, 0.1) is 0 Å². The van der Waals surface area contributed by atoms with Gasteiger partial charge in [0.05, 0.1) is 7.11 Å². The predicted octanol–water partition coefficient (Wildman–Crippen LogP) is 3.65. The van der Waals surface area contributed by atoms with E-state index in [9.17, 15) is 0 Å². The van der Waals surface area contributed by atoms with Gasteiger partial charge >= 0.3 is 0 Å². The molecule has 1 atom stereocenters. The van der Waals surface area contributed by atoms with Gasteiger partial charge in [-0.3, -0.25) is 0 Å². The number of aliphatic hydroxyl groups excluding tert-OH is 1. The van der Waals surface area contributed by atoms with E-state index >= 15 is 0 Å². The van der Waals surface area contributed by atoms with Crippen LogP contribution in [-0.4, -0.2) is 23.6 Å². The first-order valence-electron chi connectivity index (χ1n) is 5.89. The molecule has 1 N–H and O–H groups in total. The third kappa shape index (κ3) is 5.00. The highest BCUT2D eigenvalue weighted by atomic mass is 32.2. The molecule has 0 radical (unpaired) electrons. The molecule has 0 aliphatic rings. The lowest BCUT2D eigenvalue weighted by Gasteiger charge is -2.25. The Morgan fingerprint density at radius 1 is 1.24 bits per heavy atom. The minimum absolute atomic E-state index is 0.194. The van der Waals surface area contributed by atoms with E-state index < -0.39 is 0 Å². The van der Waals surface area contributed by atoms with E-state index in [1.807, 2.05) is 23.9 Å². The van der Waals surface area contributed by atoms with Crippen molar-refractivity contribution in [3.8, 4) is 5.75 Å². The van der Waals surface area contributed by atoms with Gasteiger partial charge in [-0.05, 0) is 24.1 Å². The Balaban J connectivity index is 2.81. The molecular weight excluding hydrogens is 232 g/mol. The van der Waals surface area contributed by atoms with Crippen molar-refractivity contribution in [1.29, 1.82) is 0 Å². The van der Waals surface area contributed by atoms with Crippen LogP contribution in [0.25, 0.3) is 0 Å². The number of aliphatic hydroxyl groups is 1. The van der Waals surface area contributed by atoms with E-state index in [4.69, 9.17) is 9.84 Å². The minimum Gasteiger partial charge on any atom is -0.497 e. The molecule has 96 valence electrons. The summed E-state index contributed by atoms with van der Waals surface area (Å²) in [5.74, 6) is 0.872. The Kier molecular flexibility index (Phi) is 5.34. The van der Waals surface area contributed by atoms with Crippen molar-refractivity contribution in [3.63, 3.8) is 0 Å². The van der Waals surface area contributed by atoms with E-state index in [0.717, 1.165) is 12.2 Å². The first kappa shape index (κ1) is 14.4. The van der Waals surface area contributed by atoms with Crippen LogP contribution in [0.2, 0.25) is 0 Å². The Hall–Kier alpha value is -0.670. The molecule has 0 bridgehead atoms. The Morgan fingerprint density at radius 3 is 2.24 bits per heavy atom. The molecule has 17 heavy (non-hydrogen) atoms. The molecule has 0 saturated heterocycles. The smallest absolute Gasteiger partial charge is 0.118 e. The first-order chi connectivity index (χ1) is 7.96. The molecule has 1 rings (SSSR count). The molecule has 0 aromatic heterocycles. The second-order valence-electron chi connectivity index (χ2n) is 5.00. The molecule has 0 aliphatic heterocycles. The zero-order valence-corrected chi connectivity index (χ0v) is 11.9. The third-order valence-corrected chi connectivity index (χ3v) is 3.87. The number of thioether (sulfide) groups is 1. The van der Waals surface area contributed by atoms with Gasteiger partial charge in [0.25, 0.3) is 0 Å². The second-order valence-corrected chi connectivity index (χ2v) is 7.03. The number of methoxy groups -OCH3 is 1. The lowest BCUT2D eigenvalue weighted by molar-refractivity contribution is 0.287. The van der Waals surface area contributed by atoms with Gasteiger partial charge in [-0.2, -0.15) is 0 Å². The zero-order chi connectivity index (χ0) is 12.9. The van der Waals surface area contributed by atoms with Gasteiger partial charge < -0.3 is 9.84 Å². The SMILES string of the molecule is COc1ccc(C(CCO)SC(C)(C)C)cc1. The maximum atomic E-state index is 9.16. The van der Waals surface area contributed by atoms with Gasteiger partial charge in [-0.15, -0.1) is 11.8 Å². The summed E-state index contributed by atoms with van der Waals surface area (Å²) >= 11 is 1.89. The lowest BCUT2D eigenvalue weighted by atomic mass is 10.1. The van der Waals surface area contributed by atoms with Crippen molar-refractivity contribution in [3.05, 3.63) is 29.8 Å². The number of ether oxygens (including phenoxy) is 1. The maximum Gasteiger partial charge on any atom is 0.118 e. The molecule has 0 amide bonds. The molecule has 0 aliphatic carbocycles. The Labute approximate surface area is 108 Å². The van der Waals surface area contributed by atoms with Crippen molar-refractivity contribution in [1.82, 2.24) is 0 Å². The predicted molar refractivity (Wildman–Crippen MR) is 74.8 cm³/mol. The van der Waals surface area contributed by atoms with Crippen molar-refractivity contribution in [2.24, 2.45) is 0 Å². The lowest BCUT2D eigenvalue weighted by Crippen LogP contribution is -2.12. The van der Waals surface area contributed by atoms with E-state index in [-0.39, 0.29) is 11.4 Å². The van der Waals surface area contributed by atoms with E-state index in [0.29, 0.717) is 5.25 Å². The fourth-order valence-electron chi connectivity index (χ4n) is 1.66. The molecule has 0 spiro atoms. The first-order valence-corrected chi connectivity index (χ1v) is 6.77. The average molecular weight is 254 g/mol. The van der Waals surface area contributed by atoms with Gasteiger partial charge in [0.15, 0.2) is 0 Å². The summed E-state index contributed by atoms with van der Waals surface area (Å²) < 4.78 is 5.35. The fourth-order valence-corrected chi connectivity index (χ4v) is 3.03. The molecule has 1 aromatic rings. The van der Waals surface area contributed by atoms with Crippen LogP contribution in [-0.2, 0) is 0 Å². The summed E-state index contributed by atoms with van der Waals surface area (Å²) in [5, 5.41) is 9.50. The molecular formula is C14H22O2S. The van der Waals surface area contributed by atoms with E-state index in [1.165, 1.54) is 5.56 Å². The largest absolute Gasteiger partial charge is 0.497 e. The van der Waals surface area contributed by atoms with Crippen LogP contribution in [0.1, 0.15) is 38.0 Å². The van der Waals surface area contributed by atoms with Crippen molar-refractivity contribution < 1.29 is 9.84 Å². The fraction of sp³-hybridized carbons (Fsp3) is 0.571. The summed E-state index contributed by atoms with van der Waals surface area (Å²) in [7, 11) is 1.67. The van der Waals surface area contributed by atoms with Crippen molar-refractivity contribution >= 4 is 11.8 Å². The Bertz CT molecular complexity index is 327. The number of hydrogen-bond acceptors (Lipinski definition) is 3. The molecule has 0 heterocycles. The van der Waals surface area contributed by atoms with Gasteiger partial charge in [0, 0.05) is 16.6 Å². The normalized spacial score (nSPS) is 13.5. The van der Waals surface area contributed by atoms with Gasteiger partial charge in [-0.25, -0.2) is 0 Å². The molecule has 3 heteroatoms. The van der Waals surface area contributed by atoms with Crippen LogP contribution in [0.4, 0.5) is 0 Å². The maximum absolute atomic E-state index is 9.16. The van der Waals surface area contributed by atoms with E-state index in [2.05, 4.69) is 32.9 Å². The van der Waals surface area contributed by atoms with Crippen molar-refractivity contribution in [2.45, 2.75) is 37.2 Å². The number of hydrogen-bond donors (Lipinski definition) is 1. The molecule has 1 unspecified atom stereocenters. The van der Waals surface area contributed by atoms with E-state index in [1.54, 1.807) is 7.11 Å². The number of rotatable bonds is 5. The van der Waals surface area contributed by atoms with Crippen LogP contribution in [0.3, 0.4) is 0 Å². The highest BCUT2D eigenvalue weighted by Gasteiger charge is 2.20. The topological polar surface area (TPSA) is 29.5 Å². The summed E-state index contributed by atoms with van der Waals surface area (Å²) in [6.45, 7) is 6.82. The monoisotopic (exact) mass is 254 g/mol. The van der Waals surface area contributed by atoms with Gasteiger partial charge in [0.1, 0.15) is 5.75 Å². The zero-order valence-electron chi connectivity index (χ0n) is 11.1.